The Labute approximate surface area is 135 Å². The molecule has 0 bridgehead atoms. The molecule has 0 aliphatic heterocycles. The first-order chi connectivity index (χ1) is 11.3. The fraction of sp³-hybridized carbons (Fsp3) is 0.0526. The van der Waals surface area contributed by atoms with Crippen LogP contribution in [0.3, 0.4) is 0 Å². The van der Waals surface area contributed by atoms with Crippen LogP contribution in [0.15, 0.2) is 85.2 Å². The first-order valence-corrected chi connectivity index (χ1v) is 7.40. The average molecular weight is 303 g/mol. The van der Waals surface area contributed by atoms with Crippen molar-refractivity contribution in [2.24, 2.45) is 0 Å². The second-order valence-corrected chi connectivity index (χ2v) is 5.09. The number of benzene rings is 2. The quantitative estimate of drug-likeness (QED) is 0.765. The Bertz CT molecular complexity index is 706. The molecular formula is C19H17N3O. The van der Waals surface area contributed by atoms with Crippen molar-refractivity contribution in [1.82, 2.24) is 10.3 Å². The lowest BCUT2D eigenvalue weighted by atomic mass is 9.99. The number of carbonyl (C=O) groups excluding carboxylic acids is 1. The van der Waals surface area contributed by atoms with Crippen molar-refractivity contribution < 1.29 is 4.79 Å². The lowest BCUT2D eigenvalue weighted by Gasteiger charge is -2.20. The number of aromatic nitrogens is 1. The summed E-state index contributed by atoms with van der Waals surface area (Å²) >= 11 is 0. The zero-order chi connectivity index (χ0) is 15.9. The Morgan fingerprint density at radius 3 is 1.83 bits per heavy atom. The molecule has 0 saturated carbocycles. The molecule has 1 heterocycles. The van der Waals surface area contributed by atoms with Crippen molar-refractivity contribution in [2.45, 2.75) is 6.04 Å². The molecule has 0 unspecified atom stereocenters. The summed E-state index contributed by atoms with van der Waals surface area (Å²) in [6.07, 6.45) is 3.28. The average Bonchev–Trinajstić information content (AvgIpc) is 2.62. The van der Waals surface area contributed by atoms with E-state index in [1.807, 2.05) is 60.7 Å². The summed E-state index contributed by atoms with van der Waals surface area (Å²) in [6.45, 7) is 0. The maximum atomic E-state index is 12.3. The van der Waals surface area contributed by atoms with Crippen LogP contribution in [-0.4, -0.2) is 11.0 Å². The van der Waals surface area contributed by atoms with Gasteiger partial charge in [-0.2, -0.15) is 0 Å². The number of urea groups is 1. The maximum absolute atomic E-state index is 12.3. The van der Waals surface area contributed by atoms with Gasteiger partial charge in [0.2, 0.25) is 0 Å². The van der Waals surface area contributed by atoms with Crippen molar-refractivity contribution >= 4 is 11.7 Å². The summed E-state index contributed by atoms with van der Waals surface area (Å²) in [5.41, 5.74) is 2.77. The lowest BCUT2D eigenvalue weighted by molar-refractivity contribution is 0.250. The maximum Gasteiger partial charge on any atom is 0.319 e. The first kappa shape index (κ1) is 14.8. The highest BCUT2D eigenvalue weighted by Gasteiger charge is 2.16. The number of pyridine rings is 1. The second-order valence-electron chi connectivity index (χ2n) is 5.09. The van der Waals surface area contributed by atoms with Crippen LogP contribution in [0.4, 0.5) is 10.5 Å². The molecule has 4 nitrogen and oxygen atoms in total. The van der Waals surface area contributed by atoms with E-state index < -0.39 is 0 Å². The molecule has 3 aromatic rings. The van der Waals surface area contributed by atoms with Crippen molar-refractivity contribution in [1.29, 1.82) is 0 Å². The molecule has 114 valence electrons. The van der Waals surface area contributed by atoms with Gasteiger partial charge >= 0.3 is 6.03 Å². The van der Waals surface area contributed by atoms with Gasteiger partial charge in [0.15, 0.2) is 0 Å². The van der Waals surface area contributed by atoms with Crippen LogP contribution in [0.2, 0.25) is 0 Å². The van der Waals surface area contributed by atoms with E-state index in [2.05, 4.69) is 15.6 Å². The molecule has 4 heteroatoms. The fourth-order valence-electron chi connectivity index (χ4n) is 2.38. The van der Waals surface area contributed by atoms with Gasteiger partial charge in [0.05, 0.1) is 6.04 Å². The van der Waals surface area contributed by atoms with Crippen LogP contribution >= 0.6 is 0 Å². The molecule has 0 fully saturated rings. The first-order valence-electron chi connectivity index (χ1n) is 7.40. The third kappa shape index (κ3) is 3.95. The molecule has 0 aliphatic carbocycles. The second kappa shape index (κ2) is 7.22. The molecule has 0 atom stereocenters. The summed E-state index contributed by atoms with van der Waals surface area (Å²) in [5, 5.41) is 5.85. The molecule has 1 aromatic heterocycles. The van der Waals surface area contributed by atoms with Gasteiger partial charge in [-0.05, 0) is 23.3 Å². The molecular weight excluding hydrogens is 286 g/mol. The normalized spacial score (nSPS) is 10.3. The van der Waals surface area contributed by atoms with E-state index in [1.54, 1.807) is 24.5 Å². The van der Waals surface area contributed by atoms with Gasteiger partial charge in [-0.25, -0.2) is 4.79 Å². The van der Waals surface area contributed by atoms with Crippen LogP contribution in [0, 0.1) is 0 Å². The van der Waals surface area contributed by atoms with E-state index in [9.17, 15) is 4.79 Å². The van der Waals surface area contributed by atoms with E-state index in [4.69, 9.17) is 0 Å². The van der Waals surface area contributed by atoms with Crippen molar-refractivity contribution in [3.63, 3.8) is 0 Å². The zero-order valence-electron chi connectivity index (χ0n) is 12.5. The van der Waals surface area contributed by atoms with Gasteiger partial charge in [-0.3, -0.25) is 4.98 Å². The van der Waals surface area contributed by atoms with Crippen LogP contribution in [0.25, 0.3) is 0 Å². The Balaban J connectivity index is 1.81. The summed E-state index contributed by atoms with van der Waals surface area (Å²) < 4.78 is 0. The molecule has 0 aliphatic rings. The summed E-state index contributed by atoms with van der Waals surface area (Å²) in [4.78, 5) is 16.3. The molecule has 3 rings (SSSR count). The zero-order valence-corrected chi connectivity index (χ0v) is 12.5. The highest BCUT2D eigenvalue weighted by Crippen LogP contribution is 2.21. The van der Waals surface area contributed by atoms with Gasteiger partial charge in [-0.1, -0.05) is 60.7 Å². The van der Waals surface area contributed by atoms with E-state index >= 15 is 0 Å². The molecule has 2 aromatic carbocycles. The largest absolute Gasteiger partial charge is 0.327 e. The lowest BCUT2D eigenvalue weighted by Crippen LogP contribution is -2.33. The Morgan fingerprint density at radius 1 is 0.783 bits per heavy atom. The number of anilines is 1. The predicted molar refractivity (Wildman–Crippen MR) is 91.1 cm³/mol. The van der Waals surface area contributed by atoms with E-state index in [0.29, 0.717) is 5.69 Å². The number of rotatable bonds is 4. The minimum absolute atomic E-state index is 0.209. The Hall–Kier alpha value is -3.14. The third-order valence-electron chi connectivity index (χ3n) is 3.48. The fourth-order valence-corrected chi connectivity index (χ4v) is 2.38. The summed E-state index contributed by atoms with van der Waals surface area (Å²) in [7, 11) is 0. The van der Waals surface area contributed by atoms with Crippen LogP contribution in [0.5, 0.6) is 0 Å². The third-order valence-corrected chi connectivity index (χ3v) is 3.48. The van der Waals surface area contributed by atoms with Crippen LogP contribution in [0.1, 0.15) is 17.2 Å². The number of hydrogen-bond acceptors (Lipinski definition) is 2. The molecule has 2 amide bonds. The SMILES string of the molecule is O=C(Nc1ccncc1)NC(c1ccccc1)c1ccccc1. The number of carbonyl (C=O) groups is 1. The van der Waals surface area contributed by atoms with Gasteiger partial charge in [0, 0.05) is 18.1 Å². The number of hydrogen-bond donors (Lipinski definition) is 2. The standard InChI is InChI=1S/C19H17N3O/c23-19(21-17-11-13-20-14-12-17)22-18(15-7-3-1-4-8-15)16-9-5-2-6-10-16/h1-14,18H,(H2,20,21,22,23). The number of nitrogens with zero attached hydrogens (tertiary/aromatic N) is 1. The number of amides is 2. The van der Waals surface area contributed by atoms with Gasteiger partial charge in [-0.15, -0.1) is 0 Å². The molecule has 23 heavy (non-hydrogen) atoms. The highest BCUT2D eigenvalue weighted by atomic mass is 16.2. The highest BCUT2D eigenvalue weighted by molar-refractivity contribution is 5.89. The smallest absolute Gasteiger partial charge is 0.319 e. The molecule has 0 saturated heterocycles. The van der Waals surface area contributed by atoms with Crippen LogP contribution < -0.4 is 10.6 Å². The van der Waals surface area contributed by atoms with E-state index in [0.717, 1.165) is 11.1 Å². The minimum atomic E-state index is -0.256. The van der Waals surface area contributed by atoms with Crippen molar-refractivity contribution in [3.8, 4) is 0 Å². The van der Waals surface area contributed by atoms with E-state index in [1.165, 1.54) is 0 Å². The van der Waals surface area contributed by atoms with Gasteiger partial charge < -0.3 is 10.6 Å². The molecule has 0 spiro atoms. The summed E-state index contributed by atoms with van der Waals surface area (Å²) in [5.74, 6) is 0. The van der Waals surface area contributed by atoms with E-state index in [-0.39, 0.29) is 12.1 Å². The number of nitrogens with one attached hydrogen (secondary N) is 2. The Kier molecular flexibility index (Phi) is 4.64. The van der Waals surface area contributed by atoms with Crippen LogP contribution in [-0.2, 0) is 0 Å². The topological polar surface area (TPSA) is 54.0 Å². The predicted octanol–water partition coefficient (Wildman–Crippen LogP) is 3.99. The molecule has 0 radical (unpaired) electrons. The van der Waals surface area contributed by atoms with Crippen molar-refractivity contribution in [2.75, 3.05) is 5.32 Å². The van der Waals surface area contributed by atoms with Gasteiger partial charge in [0.25, 0.3) is 0 Å². The minimum Gasteiger partial charge on any atom is -0.327 e. The van der Waals surface area contributed by atoms with Gasteiger partial charge in [0.1, 0.15) is 0 Å². The molecule has 2 N–H and O–H groups in total. The monoisotopic (exact) mass is 303 g/mol. The van der Waals surface area contributed by atoms with Crippen molar-refractivity contribution in [3.05, 3.63) is 96.3 Å². The summed E-state index contributed by atoms with van der Waals surface area (Å²) in [6, 6.07) is 22.8. The Morgan fingerprint density at radius 2 is 1.30 bits per heavy atom.